The second-order valence-corrected chi connectivity index (χ2v) is 3.71. The summed E-state index contributed by atoms with van der Waals surface area (Å²) in [4.78, 5) is 0. The second kappa shape index (κ2) is 4.84. The van der Waals surface area contributed by atoms with E-state index in [-0.39, 0.29) is 6.42 Å². The van der Waals surface area contributed by atoms with Gasteiger partial charge in [0.15, 0.2) is 0 Å². The first kappa shape index (κ1) is 13.0. The van der Waals surface area contributed by atoms with E-state index in [2.05, 4.69) is 10.5 Å². The Kier molecular flexibility index (Phi) is 3.93. The lowest BCUT2D eigenvalue weighted by atomic mass is 10.1. The van der Waals surface area contributed by atoms with Crippen LogP contribution in [-0.2, 0) is 7.05 Å². The fraction of sp³-hybridized carbons (Fsp3) is 0.667. The molecule has 1 unspecified atom stereocenters. The molecule has 0 bridgehead atoms. The van der Waals surface area contributed by atoms with Gasteiger partial charge in [-0.2, -0.15) is 18.3 Å². The Morgan fingerprint density at radius 2 is 2.19 bits per heavy atom. The smallest absolute Gasteiger partial charge is 0.271 e. The molecule has 0 aliphatic carbocycles. The normalized spacial score (nSPS) is 14.1. The van der Waals surface area contributed by atoms with Gasteiger partial charge in [-0.15, -0.1) is 0 Å². The van der Waals surface area contributed by atoms with Gasteiger partial charge in [0.05, 0.1) is 17.4 Å². The number of nitrogens with one attached hydrogen (secondary N) is 1. The summed E-state index contributed by atoms with van der Waals surface area (Å²) >= 11 is 0. The molecule has 1 rings (SSSR count). The molecule has 0 amide bonds. The summed E-state index contributed by atoms with van der Waals surface area (Å²) in [6, 6.07) is 1.19. The van der Waals surface area contributed by atoms with E-state index in [0.29, 0.717) is 5.69 Å². The Morgan fingerprint density at radius 1 is 1.56 bits per heavy atom. The van der Waals surface area contributed by atoms with Crippen molar-refractivity contribution in [1.29, 1.82) is 0 Å². The number of aromatic nitrogens is 2. The standard InChI is InChI=1S/C9H15F3N4/c1-6-5-8(16(2)15-6)7(14-13)3-4-9(10,11)12/h5,7,14H,3-4,13H2,1-2H3. The molecule has 92 valence electrons. The molecule has 7 heteroatoms. The van der Waals surface area contributed by atoms with Crippen molar-refractivity contribution in [2.45, 2.75) is 32.0 Å². The Hall–Kier alpha value is -1.08. The topological polar surface area (TPSA) is 55.9 Å². The lowest BCUT2D eigenvalue weighted by molar-refractivity contribution is -0.136. The summed E-state index contributed by atoms with van der Waals surface area (Å²) in [7, 11) is 1.68. The number of aryl methyl sites for hydroxylation is 2. The molecule has 0 radical (unpaired) electrons. The Balaban J connectivity index is 2.71. The summed E-state index contributed by atoms with van der Waals surface area (Å²) < 4.78 is 37.8. The number of nitrogens with zero attached hydrogens (tertiary/aromatic N) is 2. The molecule has 3 N–H and O–H groups in total. The van der Waals surface area contributed by atoms with Gasteiger partial charge in [-0.25, -0.2) is 0 Å². The fourth-order valence-electron chi connectivity index (χ4n) is 1.58. The molecule has 0 saturated carbocycles. The fourth-order valence-corrected chi connectivity index (χ4v) is 1.58. The maximum absolute atomic E-state index is 12.1. The highest BCUT2D eigenvalue weighted by atomic mass is 19.4. The van der Waals surface area contributed by atoms with E-state index in [9.17, 15) is 13.2 Å². The van der Waals surface area contributed by atoms with E-state index in [1.807, 2.05) is 0 Å². The minimum absolute atomic E-state index is 0.0982. The third-order valence-electron chi connectivity index (χ3n) is 2.31. The van der Waals surface area contributed by atoms with Crippen LogP contribution in [0.1, 0.15) is 30.3 Å². The average molecular weight is 236 g/mol. The van der Waals surface area contributed by atoms with Gasteiger partial charge in [-0.3, -0.25) is 16.0 Å². The predicted octanol–water partition coefficient (Wildman–Crippen LogP) is 1.58. The van der Waals surface area contributed by atoms with Gasteiger partial charge >= 0.3 is 6.18 Å². The quantitative estimate of drug-likeness (QED) is 0.616. The number of hydrazine groups is 1. The largest absolute Gasteiger partial charge is 0.389 e. The molecule has 0 fully saturated rings. The molecular weight excluding hydrogens is 221 g/mol. The van der Waals surface area contributed by atoms with Crippen LogP contribution in [0.5, 0.6) is 0 Å². The molecule has 1 aromatic heterocycles. The van der Waals surface area contributed by atoms with Crippen molar-refractivity contribution in [3.05, 3.63) is 17.5 Å². The second-order valence-electron chi connectivity index (χ2n) is 3.71. The van der Waals surface area contributed by atoms with E-state index in [1.165, 1.54) is 4.68 Å². The van der Waals surface area contributed by atoms with Gasteiger partial charge in [-0.1, -0.05) is 0 Å². The van der Waals surface area contributed by atoms with Gasteiger partial charge in [0.2, 0.25) is 0 Å². The van der Waals surface area contributed by atoms with Crippen LogP contribution >= 0.6 is 0 Å². The molecule has 4 nitrogen and oxygen atoms in total. The van der Waals surface area contributed by atoms with Crippen molar-refractivity contribution in [3.8, 4) is 0 Å². The van der Waals surface area contributed by atoms with E-state index in [0.717, 1.165) is 5.69 Å². The van der Waals surface area contributed by atoms with E-state index < -0.39 is 18.6 Å². The lowest BCUT2D eigenvalue weighted by Crippen LogP contribution is -2.30. The average Bonchev–Trinajstić information content (AvgIpc) is 2.45. The summed E-state index contributed by atoms with van der Waals surface area (Å²) in [6.07, 6.45) is -5.13. The number of nitrogens with two attached hydrogens (primary N) is 1. The zero-order valence-corrected chi connectivity index (χ0v) is 9.17. The number of rotatable bonds is 4. The zero-order chi connectivity index (χ0) is 12.3. The highest BCUT2D eigenvalue weighted by molar-refractivity contribution is 5.12. The Morgan fingerprint density at radius 3 is 2.56 bits per heavy atom. The van der Waals surface area contributed by atoms with Crippen molar-refractivity contribution < 1.29 is 13.2 Å². The van der Waals surface area contributed by atoms with Crippen LogP contribution in [0.4, 0.5) is 13.2 Å². The van der Waals surface area contributed by atoms with Gasteiger partial charge in [0, 0.05) is 13.5 Å². The summed E-state index contributed by atoms with van der Waals surface area (Å²) in [5.41, 5.74) is 3.80. The summed E-state index contributed by atoms with van der Waals surface area (Å²) in [6.45, 7) is 1.78. The van der Waals surface area contributed by atoms with Crippen molar-refractivity contribution in [3.63, 3.8) is 0 Å². The highest BCUT2D eigenvalue weighted by Gasteiger charge is 2.29. The molecule has 16 heavy (non-hydrogen) atoms. The van der Waals surface area contributed by atoms with Crippen LogP contribution in [0.3, 0.4) is 0 Å². The Bertz CT molecular complexity index is 345. The number of hydrogen-bond acceptors (Lipinski definition) is 3. The van der Waals surface area contributed by atoms with Crippen molar-refractivity contribution in [2.24, 2.45) is 12.9 Å². The molecule has 0 spiro atoms. The van der Waals surface area contributed by atoms with Crippen LogP contribution in [0, 0.1) is 6.92 Å². The van der Waals surface area contributed by atoms with Gasteiger partial charge < -0.3 is 0 Å². The van der Waals surface area contributed by atoms with Crippen LogP contribution in [0.15, 0.2) is 6.07 Å². The third kappa shape index (κ3) is 3.49. The molecule has 1 heterocycles. The third-order valence-corrected chi connectivity index (χ3v) is 2.31. The van der Waals surface area contributed by atoms with Crippen LogP contribution in [0.2, 0.25) is 0 Å². The molecular formula is C9H15F3N4. The maximum atomic E-state index is 12.1. The van der Waals surface area contributed by atoms with Gasteiger partial charge in [0.25, 0.3) is 0 Å². The SMILES string of the molecule is Cc1cc(C(CCC(F)(F)F)NN)n(C)n1. The lowest BCUT2D eigenvalue weighted by Gasteiger charge is -2.16. The van der Waals surface area contributed by atoms with Crippen molar-refractivity contribution in [2.75, 3.05) is 0 Å². The highest BCUT2D eigenvalue weighted by Crippen LogP contribution is 2.27. The van der Waals surface area contributed by atoms with Crippen molar-refractivity contribution in [1.82, 2.24) is 15.2 Å². The van der Waals surface area contributed by atoms with E-state index >= 15 is 0 Å². The van der Waals surface area contributed by atoms with Gasteiger partial charge in [0.1, 0.15) is 0 Å². The van der Waals surface area contributed by atoms with Gasteiger partial charge in [-0.05, 0) is 19.4 Å². The molecule has 0 saturated heterocycles. The zero-order valence-electron chi connectivity index (χ0n) is 9.17. The monoisotopic (exact) mass is 236 g/mol. The molecule has 0 aliphatic rings. The molecule has 1 atom stereocenters. The number of hydrogen-bond donors (Lipinski definition) is 2. The predicted molar refractivity (Wildman–Crippen MR) is 53.3 cm³/mol. The van der Waals surface area contributed by atoms with Crippen LogP contribution < -0.4 is 11.3 Å². The van der Waals surface area contributed by atoms with Crippen LogP contribution in [0.25, 0.3) is 0 Å². The number of alkyl halides is 3. The minimum atomic E-state index is -4.16. The van der Waals surface area contributed by atoms with E-state index in [4.69, 9.17) is 5.84 Å². The first-order valence-electron chi connectivity index (χ1n) is 4.87. The first-order valence-corrected chi connectivity index (χ1v) is 4.87. The first-order chi connectivity index (χ1) is 7.33. The van der Waals surface area contributed by atoms with Crippen molar-refractivity contribution >= 4 is 0 Å². The van der Waals surface area contributed by atoms with Crippen LogP contribution in [-0.4, -0.2) is 16.0 Å². The number of halogens is 3. The summed E-state index contributed by atoms with van der Waals surface area (Å²) in [5, 5.41) is 4.06. The Labute approximate surface area is 91.6 Å². The minimum Gasteiger partial charge on any atom is -0.271 e. The summed E-state index contributed by atoms with van der Waals surface area (Å²) in [5.74, 6) is 5.25. The molecule has 1 aromatic rings. The van der Waals surface area contributed by atoms with E-state index in [1.54, 1.807) is 20.0 Å². The maximum Gasteiger partial charge on any atom is 0.389 e. The molecule has 0 aliphatic heterocycles. The molecule has 0 aromatic carbocycles.